The van der Waals surface area contributed by atoms with E-state index in [1.807, 2.05) is 29.2 Å². The van der Waals surface area contributed by atoms with E-state index in [0.29, 0.717) is 12.3 Å². The minimum Gasteiger partial charge on any atom is -0.340 e. The molecule has 3 rings (SSSR count). The zero-order valence-corrected chi connectivity index (χ0v) is 15.1. The molecule has 1 heterocycles. The molecule has 1 saturated heterocycles. The maximum Gasteiger partial charge on any atom is 0.222 e. The summed E-state index contributed by atoms with van der Waals surface area (Å²) in [6.07, 6.45) is 5.34. The van der Waals surface area contributed by atoms with E-state index in [1.54, 1.807) is 0 Å². The van der Waals surface area contributed by atoms with Crippen molar-refractivity contribution in [2.45, 2.75) is 32.1 Å². The van der Waals surface area contributed by atoms with Crippen LogP contribution in [0.25, 0.3) is 0 Å². The number of hydrogen-bond donors (Lipinski definition) is 0. The second-order valence-corrected chi connectivity index (χ2v) is 7.04. The molecule has 3 nitrogen and oxygen atoms in total. The van der Waals surface area contributed by atoms with Crippen molar-refractivity contribution in [3.8, 4) is 0 Å². The Labute approximate surface area is 150 Å². The fraction of sp³-hybridized carbons (Fsp3) is 0.611. The summed E-state index contributed by atoms with van der Waals surface area (Å²) in [6, 6.07) is 7.92. The topological polar surface area (TPSA) is 23.6 Å². The number of piperazine rings is 1. The molecule has 1 aliphatic carbocycles. The van der Waals surface area contributed by atoms with Gasteiger partial charge in [-0.05, 0) is 49.3 Å². The third kappa shape index (κ3) is 5.98. The van der Waals surface area contributed by atoms with Crippen molar-refractivity contribution < 1.29 is 4.79 Å². The fourth-order valence-corrected chi connectivity index (χ4v) is 3.22. The predicted molar refractivity (Wildman–Crippen MR) is 97.4 cm³/mol. The quantitative estimate of drug-likeness (QED) is 0.776. The Hall–Kier alpha value is -0.770. The van der Waals surface area contributed by atoms with E-state index >= 15 is 0 Å². The third-order valence-corrected chi connectivity index (χ3v) is 4.96. The van der Waals surface area contributed by atoms with E-state index in [0.717, 1.165) is 50.0 Å². The van der Waals surface area contributed by atoms with Crippen LogP contribution in [0.4, 0.5) is 0 Å². The summed E-state index contributed by atoms with van der Waals surface area (Å²) < 4.78 is 0. The fourth-order valence-electron chi connectivity index (χ4n) is 3.10. The summed E-state index contributed by atoms with van der Waals surface area (Å²) in [5, 5.41) is 0.767. The van der Waals surface area contributed by atoms with Crippen molar-refractivity contribution in [1.82, 2.24) is 9.80 Å². The van der Waals surface area contributed by atoms with Crippen molar-refractivity contribution >= 4 is 29.9 Å². The van der Waals surface area contributed by atoms with Crippen LogP contribution in [0.2, 0.25) is 5.02 Å². The van der Waals surface area contributed by atoms with Crippen molar-refractivity contribution in [3.05, 3.63) is 34.9 Å². The highest BCUT2D eigenvalue weighted by atomic mass is 35.5. The van der Waals surface area contributed by atoms with Gasteiger partial charge in [0.1, 0.15) is 0 Å². The van der Waals surface area contributed by atoms with Gasteiger partial charge in [0, 0.05) is 44.2 Å². The van der Waals surface area contributed by atoms with Gasteiger partial charge in [0.05, 0.1) is 0 Å². The second kappa shape index (κ2) is 8.91. The van der Waals surface area contributed by atoms with Crippen molar-refractivity contribution in [3.63, 3.8) is 0 Å². The average Bonchev–Trinajstić information content (AvgIpc) is 3.34. The molecule has 0 spiro atoms. The van der Waals surface area contributed by atoms with Gasteiger partial charge in [0.15, 0.2) is 0 Å². The highest BCUT2D eigenvalue weighted by Gasteiger charge is 2.27. The summed E-state index contributed by atoms with van der Waals surface area (Å²) in [7, 11) is 0. The monoisotopic (exact) mass is 356 g/mol. The van der Waals surface area contributed by atoms with Gasteiger partial charge < -0.3 is 4.90 Å². The molecule has 2 fully saturated rings. The molecule has 0 aromatic heterocycles. The van der Waals surface area contributed by atoms with Crippen LogP contribution in [-0.2, 0) is 11.2 Å². The summed E-state index contributed by atoms with van der Waals surface area (Å²) in [5.74, 6) is 1.27. The first-order valence-corrected chi connectivity index (χ1v) is 8.83. The lowest BCUT2D eigenvalue weighted by Crippen LogP contribution is -2.49. The van der Waals surface area contributed by atoms with Crippen LogP contribution in [0.5, 0.6) is 0 Å². The SMILES string of the molecule is Cl.O=C(CCCc1ccc(Cl)cc1)N1CCN(CC2CC2)CC1. The zero-order valence-electron chi connectivity index (χ0n) is 13.5. The molecule has 5 heteroatoms. The number of aryl methyl sites for hydroxylation is 1. The molecule has 1 aromatic rings. The van der Waals surface area contributed by atoms with Gasteiger partial charge in [-0.1, -0.05) is 23.7 Å². The van der Waals surface area contributed by atoms with Crippen LogP contribution in [0.15, 0.2) is 24.3 Å². The number of carbonyl (C=O) groups excluding carboxylic acids is 1. The number of nitrogens with zero attached hydrogens (tertiary/aromatic N) is 2. The first-order chi connectivity index (χ1) is 10.7. The van der Waals surface area contributed by atoms with E-state index in [4.69, 9.17) is 11.6 Å². The molecular formula is C18H26Cl2N2O. The third-order valence-electron chi connectivity index (χ3n) is 4.71. The van der Waals surface area contributed by atoms with Gasteiger partial charge in [-0.2, -0.15) is 0 Å². The first-order valence-electron chi connectivity index (χ1n) is 8.45. The number of hydrogen-bond acceptors (Lipinski definition) is 2. The minimum atomic E-state index is 0. The molecule has 1 amide bonds. The standard InChI is InChI=1S/C18H25ClN2O.ClH/c19-17-8-6-15(7-9-17)2-1-3-18(22)21-12-10-20(11-13-21)14-16-4-5-16;/h6-9,16H,1-5,10-14H2;1H. The molecule has 0 atom stereocenters. The Morgan fingerprint density at radius 1 is 1.09 bits per heavy atom. The van der Waals surface area contributed by atoms with Crippen LogP contribution in [0.1, 0.15) is 31.2 Å². The molecule has 1 aliphatic heterocycles. The summed E-state index contributed by atoms with van der Waals surface area (Å²) in [6.45, 7) is 5.18. The van der Waals surface area contributed by atoms with E-state index in [-0.39, 0.29) is 12.4 Å². The summed E-state index contributed by atoms with van der Waals surface area (Å²) in [4.78, 5) is 16.8. The molecule has 0 unspecified atom stereocenters. The number of benzene rings is 1. The van der Waals surface area contributed by atoms with Gasteiger partial charge >= 0.3 is 0 Å². The maximum absolute atomic E-state index is 12.3. The highest BCUT2D eigenvalue weighted by molar-refractivity contribution is 6.30. The number of amides is 1. The number of rotatable bonds is 6. The number of carbonyl (C=O) groups is 1. The average molecular weight is 357 g/mol. The van der Waals surface area contributed by atoms with Crippen molar-refractivity contribution in [2.24, 2.45) is 5.92 Å². The lowest BCUT2D eigenvalue weighted by Gasteiger charge is -2.34. The molecule has 2 aliphatic rings. The molecule has 1 saturated carbocycles. The number of halogens is 2. The summed E-state index contributed by atoms with van der Waals surface area (Å²) >= 11 is 5.88. The predicted octanol–water partition coefficient (Wildman–Crippen LogP) is 3.64. The van der Waals surface area contributed by atoms with Crippen molar-refractivity contribution in [1.29, 1.82) is 0 Å². The smallest absolute Gasteiger partial charge is 0.222 e. The van der Waals surface area contributed by atoms with E-state index in [9.17, 15) is 4.79 Å². The van der Waals surface area contributed by atoms with E-state index in [2.05, 4.69) is 4.90 Å². The highest BCUT2D eigenvalue weighted by Crippen LogP contribution is 2.29. The molecule has 0 N–H and O–H groups in total. The van der Waals surface area contributed by atoms with Crippen LogP contribution in [0.3, 0.4) is 0 Å². The Balaban J connectivity index is 0.00000192. The second-order valence-electron chi connectivity index (χ2n) is 6.60. The Bertz CT molecular complexity index is 494. The van der Waals surface area contributed by atoms with Gasteiger partial charge in [-0.15, -0.1) is 12.4 Å². The van der Waals surface area contributed by atoms with E-state index < -0.39 is 0 Å². The molecular weight excluding hydrogens is 331 g/mol. The first kappa shape index (κ1) is 18.6. The molecule has 0 radical (unpaired) electrons. The lowest BCUT2D eigenvalue weighted by atomic mass is 10.1. The zero-order chi connectivity index (χ0) is 15.4. The van der Waals surface area contributed by atoms with Gasteiger partial charge in [-0.25, -0.2) is 0 Å². The Morgan fingerprint density at radius 2 is 1.74 bits per heavy atom. The van der Waals surface area contributed by atoms with Crippen LogP contribution in [0, 0.1) is 5.92 Å². The maximum atomic E-state index is 12.3. The van der Waals surface area contributed by atoms with Crippen LogP contribution in [-0.4, -0.2) is 48.4 Å². The molecule has 1 aromatic carbocycles. The molecule has 128 valence electrons. The molecule has 0 bridgehead atoms. The Morgan fingerprint density at radius 3 is 2.35 bits per heavy atom. The normalized spacial score (nSPS) is 18.6. The van der Waals surface area contributed by atoms with Gasteiger partial charge in [-0.3, -0.25) is 9.69 Å². The lowest BCUT2D eigenvalue weighted by molar-refractivity contribution is -0.133. The van der Waals surface area contributed by atoms with Crippen LogP contribution < -0.4 is 0 Å². The largest absolute Gasteiger partial charge is 0.340 e. The molecule has 23 heavy (non-hydrogen) atoms. The van der Waals surface area contributed by atoms with Crippen molar-refractivity contribution in [2.75, 3.05) is 32.7 Å². The van der Waals surface area contributed by atoms with Gasteiger partial charge in [0.25, 0.3) is 0 Å². The minimum absolute atomic E-state index is 0. The Kier molecular flexibility index (Phi) is 7.19. The van der Waals surface area contributed by atoms with Crippen LogP contribution >= 0.6 is 24.0 Å². The summed E-state index contributed by atoms with van der Waals surface area (Å²) in [5.41, 5.74) is 1.26. The van der Waals surface area contributed by atoms with Gasteiger partial charge in [0.2, 0.25) is 5.91 Å². The van der Waals surface area contributed by atoms with E-state index in [1.165, 1.54) is 24.9 Å².